The third kappa shape index (κ3) is 5.00. The maximum Gasteiger partial charge on any atom is 0.435 e. The van der Waals surface area contributed by atoms with E-state index in [0.717, 1.165) is 22.5 Å². The number of ether oxygens (including phenoxy) is 2. The zero-order valence-corrected chi connectivity index (χ0v) is 14.5. The molecule has 2 heterocycles. The monoisotopic (exact) mass is 401 g/mol. The molecule has 3 N–H and O–H groups in total. The summed E-state index contributed by atoms with van der Waals surface area (Å²) in [7, 11) is 0. The van der Waals surface area contributed by atoms with Gasteiger partial charge in [-0.05, 0) is 36.0 Å². The van der Waals surface area contributed by atoms with Crippen molar-refractivity contribution in [2.45, 2.75) is 19.3 Å². The molecule has 144 valence electrons. The van der Waals surface area contributed by atoms with E-state index >= 15 is 0 Å². The van der Waals surface area contributed by atoms with Crippen LogP contribution in [-0.2, 0) is 24.1 Å². The van der Waals surface area contributed by atoms with Gasteiger partial charge in [-0.2, -0.15) is 18.3 Å². The van der Waals surface area contributed by atoms with Crippen molar-refractivity contribution in [3.63, 3.8) is 0 Å². The van der Waals surface area contributed by atoms with E-state index < -0.39 is 24.3 Å². The van der Waals surface area contributed by atoms with Crippen LogP contribution < -0.4 is 25.6 Å². The van der Waals surface area contributed by atoms with Crippen molar-refractivity contribution in [1.82, 2.24) is 25.9 Å². The smallest absolute Gasteiger partial charge is 0.435 e. The maximum absolute atomic E-state index is 12.5. The van der Waals surface area contributed by atoms with Crippen molar-refractivity contribution >= 4 is 23.2 Å². The van der Waals surface area contributed by atoms with Gasteiger partial charge in [0, 0.05) is 12.7 Å². The summed E-state index contributed by atoms with van der Waals surface area (Å²) in [6.45, 7) is 0.152. The van der Waals surface area contributed by atoms with Crippen LogP contribution in [0.5, 0.6) is 11.5 Å². The molecule has 0 radical (unpaired) electrons. The molecular formula is C15H14F3N5O3S. The molecule has 8 nitrogen and oxygen atoms in total. The second-order valence-electron chi connectivity index (χ2n) is 5.44. The quantitative estimate of drug-likeness (QED) is 0.526. The van der Waals surface area contributed by atoms with Crippen molar-refractivity contribution in [1.29, 1.82) is 0 Å². The predicted molar refractivity (Wildman–Crippen MR) is 90.5 cm³/mol. The lowest BCUT2D eigenvalue weighted by Gasteiger charge is -2.12. The Hall–Kier alpha value is -3.02. The van der Waals surface area contributed by atoms with Gasteiger partial charge in [-0.25, -0.2) is 0 Å². The van der Waals surface area contributed by atoms with Gasteiger partial charge < -0.3 is 14.8 Å². The van der Waals surface area contributed by atoms with Crippen molar-refractivity contribution in [2.24, 2.45) is 0 Å². The molecule has 0 fully saturated rings. The zero-order valence-electron chi connectivity index (χ0n) is 13.7. The SMILES string of the molecule is O=C(Cn1ccc(C(F)(F)F)n1)NNC(=S)NCc1ccc2c(c1)OCO2. The fourth-order valence-corrected chi connectivity index (χ4v) is 2.31. The number of amides is 1. The first-order chi connectivity index (χ1) is 12.8. The van der Waals surface area contributed by atoms with E-state index in [1.54, 1.807) is 12.1 Å². The van der Waals surface area contributed by atoms with Crippen LogP contribution in [0.2, 0.25) is 0 Å². The van der Waals surface area contributed by atoms with Gasteiger partial charge in [0.05, 0.1) is 0 Å². The molecule has 1 aromatic carbocycles. The van der Waals surface area contributed by atoms with E-state index in [0.29, 0.717) is 18.0 Å². The Morgan fingerprint density at radius 2 is 2.00 bits per heavy atom. The van der Waals surface area contributed by atoms with Gasteiger partial charge in [0.15, 0.2) is 22.3 Å². The van der Waals surface area contributed by atoms with E-state index in [-0.39, 0.29) is 11.9 Å². The Labute approximate surface area is 156 Å². The average Bonchev–Trinajstić information content (AvgIpc) is 3.26. The van der Waals surface area contributed by atoms with Crippen LogP contribution >= 0.6 is 12.2 Å². The van der Waals surface area contributed by atoms with Crippen LogP contribution in [0.4, 0.5) is 13.2 Å². The zero-order chi connectivity index (χ0) is 19.4. The number of hydrazine groups is 1. The van der Waals surface area contributed by atoms with Gasteiger partial charge in [0.2, 0.25) is 6.79 Å². The van der Waals surface area contributed by atoms with E-state index in [2.05, 4.69) is 21.3 Å². The van der Waals surface area contributed by atoms with E-state index in [1.807, 2.05) is 6.07 Å². The van der Waals surface area contributed by atoms with Crippen LogP contribution in [0, 0.1) is 0 Å². The average molecular weight is 401 g/mol. The van der Waals surface area contributed by atoms with Gasteiger partial charge in [-0.15, -0.1) is 0 Å². The number of fused-ring (bicyclic) bond motifs is 1. The summed E-state index contributed by atoms with van der Waals surface area (Å²) in [6, 6.07) is 6.19. The van der Waals surface area contributed by atoms with Gasteiger partial charge in [-0.3, -0.25) is 20.3 Å². The van der Waals surface area contributed by atoms with E-state index in [9.17, 15) is 18.0 Å². The second-order valence-corrected chi connectivity index (χ2v) is 5.85. The molecule has 1 aliphatic heterocycles. The summed E-state index contributed by atoms with van der Waals surface area (Å²) >= 11 is 5.02. The Kier molecular flexibility index (Phi) is 5.35. The van der Waals surface area contributed by atoms with Crippen LogP contribution in [0.1, 0.15) is 11.3 Å². The number of carbonyl (C=O) groups excluding carboxylic acids is 1. The minimum absolute atomic E-state index is 0.137. The highest BCUT2D eigenvalue weighted by molar-refractivity contribution is 7.80. The third-order valence-electron chi connectivity index (χ3n) is 3.44. The fraction of sp³-hybridized carbons (Fsp3) is 0.267. The molecule has 0 saturated carbocycles. The Balaban J connectivity index is 1.41. The van der Waals surface area contributed by atoms with Crippen LogP contribution in [-0.4, -0.2) is 27.6 Å². The number of halogens is 3. The number of hydrogen-bond donors (Lipinski definition) is 3. The van der Waals surface area contributed by atoms with Gasteiger partial charge in [0.25, 0.3) is 5.91 Å². The first kappa shape index (κ1) is 18.8. The largest absolute Gasteiger partial charge is 0.454 e. The Bertz CT molecular complexity index is 855. The number of hydrogen-bond acceptors (Lipinski definition) is 5. The molecule has 12 heteroatoms. The number of alkyl halides is 3. The standard InChI is InChI=1S/C15H14F3N5O3S/c16-15(17,18)12-3-4-23(22-12)7-13(24)20-21-14(27)19-6-9-1-2-10-11(5-9)26-8-25-10/h1-5H,6-8H2,(H,20,24)(H2,19,21,27). The lowest BCUT2D eigenvalue weighted by molar-refractivity contribution is -0.141. The lowest BCUT2D eigenvalue weighted by atomic mass is 10.2. The minimum Gasteiger partial charge on any atom is -0.454 e. The second kappa shape index (κ2) is 7.70. The Morgan fingerprint density at radius 1 is 1.22 bits per heavy atom. The molecule has 0 atom stereocenters. The molecule has 1 aromatic heterocycles. The van der Waals surface area contributed by atoms with Gasteiger partial charge in [0.1, 0.15) is 6.54 Å². The number of nitrogens with one attached hydrogen (secondary N) is 3. The van der Waals surface area contributed by atoms with Gasteiger partial charge >= 0.3 is 6.18 Å². The maximum atomic E-state index is 12.5. The molecule has 1 amide bonds. The highest BCUT2D eigenvalue weighted by Gasteiger charge is 2.33. The number of carbonyl (C=O) groups is 1. The molecule has 2 aromatic rings. The van der Waals surface area contributed by atoms with Crippen LogP contribution in [0.3, 0.4) is 0 Å². The molecule has 0 aliphatic carbocycles. The van der Waals surface area contributed by atoms with E-state index in [1.165, 1.54) is 0 Å². The van der Waals surface area contributed by atoms with Crippen molar-refractivity contribution in [2.75, 3.05) is 6.79 Å². The molecular weight excluding hydrogens is 387 g/mol. The molecule has 1 aliphatic rings. The summed E-state index contributed by atoms with van der Waals surface area (Å²) < 4.78 is 48.7. The van der Waals surface area contributed by atoms with Crippen molar-refractivity contribution in [3.05, 3.63) is 41.7 Å². The van der Waals surface area contributed by atoms with Crippen molar-refractivity contribution in [3.8, 4) is 11.5 Å². The number of rotatable bonds is 4. The molecule has 0 unspecified atom stereocenters. The molecule has 0 bridgehead atoms. The summed E-state index contributed by atoms with van der Waals surface area (Å²) in [5.41, 5.74) is 4.56. The highest BCUT2D eigenvalue weighted by Crippen LogP contribution is 2.32. The van der Waals surface area contributed by atoms with Crippen LogP contribution in [0.25, 0.3) is 0 Å². The molecule has 0 spiro atoms. The first-order valence-electron chi connectivity index (χ1n) is 7.63. The minimum atomic E-state index is -4.56. The fourth-order valence-electron chi connectivity index (χ4n) is 2.19. The van der Waals surface area contributed by atoms with Crippen molar-refractivity contribution < 1.29 is 27.4 Å². The normalized spacial score (nSPS) is 12.6. The topological polar surface area (TPSA) is 89.4 Å². The molecule has 3 rings (SSSR count). The third-order valence-corrected chi connectivity index (χ3v) is 3.69. The molecule has 27 heavy (non-hydrogen) atoms. The summed E-state index contributed by atoms with van der Waals surface area (Å²) in [6.07, 6.45) is -3.49. The first-order valence-corrected chi connectivity index (χ1v) is 8.04. The molecule has 0 saturated heterocycles. The Morgan fingerprint density at radius 3 is 2.74 bits per heavy atom. The highest BCUT2D eigenvalue weighted by atomic mass is 32.1. The number of aromatic nitrogens is 2. The van der Waals surface area contributed by atoms with E-state index in [4.69, 9.17) is 21.7 Å². The summed E-state index contributed by atoms with van der Waals surface area (Å²) in [5.74, 6) is 0.692. The lowest BCUT2D eigenvalue weighted by Crippen LogP contribution is -2.47. The number of nitrogens with zero attached hydrogens (tertiary/aromatic N) is 2. The summed E-state index contributed by atoms with van der Waals surface area (Å²) in [4.78, 5) is 11.7. The predicted octanol–water partition coefficient (Wildman–Crippen LogP) is 1.33. The summed E-state index contributed by atoms with van der Waals surface area (Å²) in [5, 5.41) is 6.29. The number of benzene rings is 1. The van der Waals surface area contributed by atoms with Gasteiger partial charge in [-0.1, -0.05) is 6.07 Å². The number of thiocarbonyl (C=S) groups is 1. The van der Waals surface area contributed by atoms with Crippen LogP contribution in [0.15, 0.2) is 30.5 Å².